The molecule has 1 aliphatic carbocycles. The van der Waals surface area contributed by atoms with E-state index in [2.05, 4.69) is 0 Å². The van der Waals surface area contributed by atoms with Crippen molar-refractivity contribution in [2.75, 3.05) is 5.75 Å². The van der Waals surface area contributed by atoms with Crippen molar-refractivity contribution in [2.24, 2.45) is 0 Å². The predicted molar refractivity (Wildman–Crippen MR) is 46.3 cm³/mol. The van der Waals surface area contributed by atoms with Gasteiger partial charge in [-0.05, 0) is 19.8 Å². The van der Waals surface area contributed by atoms with Crippen molar-refractivity contribution in [3.8, 4) is 0 Å². The van der Waals surface area contributed by atoms with Crippen molar-refractivity contribution in [3.63, 3.8) is 0 Å². The first-order valence-electron chi connectivity index (χ1n) is 4.24. The van der Waals surface area contributed by atoms with E-state index in [0.717, 1.165) is 25.7 Å². The molecule has 11 heavy (non-hydrogen) atoms. The van der Waals surface area contributed by atoms with Gasteiger partial charge in [-0.15, -0.1) is 0 Å². The Labute approximate surface area is 68.9 Å². The SMILES string of the molecule is CCS(=O)(=O)C1(C)CCCC1. The van der Waals surface area contributed by atoms with Gasteiger partial charge in [-0.1, -0.05) is 19.8 Å². The molecule has 0 aromatic heterocycles. The van der Waals surface area contributed by atoms with Crippen molar-refractivity contribution in [2.45, 2.75) is 44.3 Å². The van der Waals surface area contributed by atoms with Crippen LogP contribution in [0.15, 0.2) is 0 Å². The Morgan fingerprint density at radius 3 is 2.09 bits per heavy atom. The lowest BCUT2D eigenvalue weighted by atomic mass is 10.1. The average Bonchev–Trinajstić information content (AvgIpc) is 2.38. The summed E-state index contributed by atoms with van der Waals surface area (Å²) in [7, 11) is -2.80. The van der Waals surface area contributed by atoms with Gasteiger partial charge >= 0.3 is 0 Å². The summed E-state index contributed by atoms with van der Waals surface area (Å²) >= 11 is 0. The van der Waals surface area contributed by atoms with E-state index in [9.17, 15) is 8.42 Å². The van der Waals surface area contributed by atoms with Crippen LogP contribution >= 0.6 is 0 Å². The van der Waals surface area contributed by atoms with Crippen LogP contribution in [0.3, 0.4) is 0 Å². The molecular formula is C8H16O2S. The average molecular weight is 176 g/mol. The molecule has 0 aromatic carbocycles. The molecular weight excluding hydrogens is 160 g/mol. The monoisotopic (exact) mass is 176 g/mol. The molecule has 0 N–H and O–H groups in total. The maximum Gasteiger partial charge on any atom is 0.155 e. The highest BCUT2D eigenvalue weighted by molar-refractivity contribution is 7.92. The summed E-state index contributed by atoms with van der Waals surface area (Å²) in [5, 5.41) is 0. The maximum atomic E-state index is 11.5. The van der Waals surface area contributed by atoms with Crippen molar-refractivity contribution in [1.82, 2.24) is 0 Å². The van der Waals surface area contributed by atoms with Crippen LogP contribution in [0.2, 0.25) is 0 Å². The highest BCUT2D eigenvalue weighted by Crippen LogP contribution is 2.36. The fourth-order valence-corrected chi connectivity index (χ4v) is 3.39. The molecule has 2 nitrogen and oxygen atoms in total. The molecule has 0 aromatic rings. The lowest BCUT2D eigenvalue weighted by molar-refractivity contribution is 0.534. The van der Waals surface area contributed by atoms with E-state index in [1.54, 1.807) is 6.92 Å². The lowest BCUT2D eigenvalue weighted by Gasteiger charge is -2.22. The standard InChI is InChI=1S/C8H16O2S/c1-3-11(9,10)8(2)6-4-5-7-8/h3-7H2,1-2H3. The van der Waals surface area contributed by atoms with Crippen LogP contribution in [0.1, 0.15) is 39.5 Å². The number of sulfone groups is 1. The molecule has 0 saturated heterocycles. The van der Waals surface area contributed by atoms with Gasteiger partial charge in [0.2, 0.25) is 0 Å². The first-order valence-corrected chi connectivity index (χ1v) is 5.89. The molecule has 0 bridgehead atoms. The topological polar surface area (TPSA) is 34.1 Å². The zero-order valence-electron chi connectivity index (χ0n) is 7.26. The van der Waals surface area contributed by atoms with Gasteiger partial charge < -0.3 is 0 Å². The van der Waals surface area contributed by atoms with E-state index >= 15 is 0 Å². The molecule has 1 saturated carbocycles. The van der Waals surface area contributed by atoms with Gasteiger partial charge in [-0.3, -0.25) is 0 Å². The second-order valence-electron chi connectivity index (χ2n) is 3.56. The summed E-state index contributed by atoms with van der Waals surface area (Å²) in [6.07, 6.45) is 3.89. The second-order valence-corrected chi connectivity index (χ2v) is 6.35. The Hall–Kier alpha value is -0.0500. The summed E-state index contributed by atoms with van der Waals surface area (Å²) in [4.78, 5) is 0. The minimum atomic E-state index is -2.80. The van der Waals surface area contributed by atoms with E-state index in [0.29, 0.717) is 5.75 Å². The van der Waals surface area contributed by atoms with Crippen LogP contribution in [0.5, 0.6) is 0 Å². The van der Waals surface area contributed by atoms with Gasteiger partial charge in [-0.25, -0.2) is 8.42 Å². The molecule has 0 amide bonds. The molecule has 0 atom stereocenters. The zero-order chi connectivity index (χ0) is 8.54. The van der Waals surface area contributed by atoms with Crippen LogP contribution in [0.4, 0.5) is 0 Å². The van der Waals surface area contributed by atoms with Crippen molar-refractivity contribution < 1.29 is 8.42 Å². The summed E-state index contributed by atoms with van der Waals surface area (Å²) in [6.45, 7) is 3.62. The summed E-state index contributed by atoms with van der Waals surface area (Å²) in [5.41, 5.74) is 0. The molecule has 3 heteroatoms. The highest BCUT2D eigenvalue weighted by Gasteiger charge is 2.39. The Morgan fingerprint density at radius 2 is 1.73 bits per heavy atom. The number of rotatable bonds is 2. The minimum Gasteiger partial charge on any atom is -0.228 e. The van der Waals surface area contributed by atoms with Gasteiger partial charge in [0, 0.05) is 5.75 Å². The fraction of sp³-hybridized carbons (Fsp3) is 1.00. The largest absolute Gasteiger partial charge is 0.228 e. The van der Waals surface area contributed by atoms with E-state index in [4.69, 9.17) is 0 Å². The van der Waals surface area contributed by atoms with Gasteiger partial charge in [0.1, 0.15) is 0 Å². The van der Waals surface area contributed by atoms with E-state index < -0.39 is 9.84 Å². The Morgan fingerprint density at radius 1 is 1.27 bits per heavy atom. The van der Waals surface area contributed by atoms with E-state index in [-0.39, 0.29) is 4.75 Å². The number of hydrogen-bond acceptors (Lipinski definition) is 2. The van der Waals surface area contributed by atoms with Crippen LogP contribution in [-0.4, -0.2) is 18.9 Å². The van der Waals surface area contributed by atoms with Crippen LogP contribution in [0, 0.1) is 0 Å². The van der Waals surface area contributed by atoms with Crippen molar-refractivity contribution >= 4 is 9.84 Å². The lowest BCUT2D eigenvalue weighted by Crippen LogP contribution is -2.33. The predicted octanol–water partition coefficient (Wildman–Crippen LogP) is 1.75. The minimum absolute atomic E-state index is 0.295. The molecule has 0 spiro atoms. The quantitative estimate of drug-likeness (QED) is 0.642. The fourth-order valence-electron chi connectivity index (χ4n) is 1.78. The molecule has 1 fully saturated rings. The van der Waals surface area contributed by atoms with Gasteiger partial charge in [0.25, 0.3) is 0 Å². The third-order valence-electron chi connectivity index (χ3n) is 2.79. The molecule has 0 radical (unpaired) electrons. The van der Waals surface area contributed by atoms with Crippen molar-refractivity contribution in [3.05, 3.63) is 0 Å². The summed E-state index contributed by atoms with van der Waals surface area (Å²) in [6, 6.07) is 0. The van der Waals surface area contributed by atoms with Gasteiger partial charge in [0.15, 0.2) is 9.84 Å². The van der Waals surface area contributed by atoms with Gasteiger partial charge in [0.05, 0.1) is 4.75 Å². The first kappa shape index (κ1) is 9.04. The summed E-state index contributed by atoms with van der Waals surface area (Å²) in [5.74, 6) is 0.295. The van der Waals surface area contributed by atoms with Crippen LogP contribution in [-0.2, 0) is 9.84 Å². The molecule has 0 aliphatic heterocycles. The van der Waals surface area contributed by atoms with Gasteiger partial charge in [-0.2, -0.15) is 0 Å². The number of hydrogen-bond donors (Lipinski definition) is 0. The van der Waals surface area contributed by atoms with Crippen LogP contribution < -0.4 is 0 Å². The van der Waals surface area contributed by atoms with Crippen LogP contribution in [0.25, 0.3) is 0 Å². The third-order valence-corrected chi connectivity index (χ3v) is 5.46. The Kier molecular flexibility index (Phi) is 2.28. The first-order chi connectivity index (χ1) is 5.02. The second kappa shape index (κ2) is 2.77. The molecule has 0 heterocycles. The highest BCUT2D eigenvalue weighted by atomic mass is 32.2. The smallest absolute Gasteiger partial charge is 0.155 e. The Bertz CT molecular complexity index is 222. The molecule has 0 unspecified atom stereocenters. The zero-order valence-corrected chi connectivity index (χ0v) is 8.08. The van der Waals surface area contributed by atoms with E-state index in [1.165, 1.54) is 0 Å². The molecule has 1 rings (SSSR count). The normalized spacial score (nSPS) is 23.8. The summed E-state index contributed by atoms with van der Waals surface area (Å²) < 4.78 is 22.7. The van der Waals surface area contributed by atoms with E-state index in [1.807, 2.05) is 6.92 Å². The van der Waals surface area contributed by atoms with Crippen molar-refractivity contribution in [1.29, 1.82) is 0 Å². The Balaban J connectivity index is 2.88. The maximum absolute atomic E-state index is 11.5. The molecule has 1 aliphatic rings. The third kappa shape index (κ3) is 1.43. The molecule has 66 valence electrons.